The van der Waals surface area contributed by atoms with Crippen LogP contribution in [-0.2, 0) is 10.0 Å². The van der Waals surface area contributed by atoms with Crippen LogP contribution in [0, 0.1) is 6.92 Å². The Labute approximate surface area is 118 Å². The minimum atomic E-state index is -3.68. The van der Waals surface area contributed by atoms with Crippen molar-refractivity contribution in [2.75, 3.05) is 12.4 Å². The molecule has 2 rings (SSSR count). The van der Waals surface area contributed by atoms with Crippen molar-refractivity contribution in [2.45, 2.75) is 24.8 Å². The van der Waals surface area contributed by atoms with Crippen molar-refractivity contribution in [2.24, 2.45) is 0 Å². The molecule has 108 valence electrons. The molecule has 1 unspecified atom stereocenters. The number of sulfonamides is 1. The van der Waals surface area contributed by atoms with Crippen LogP contribution in [0.3, 0.4) is 0 Å². The van der Waals surface area contributed by atoms with Crippen LogP contribution < -0.4 is 10.0 Å². The molecule has 6 nitrogen and oxygen atoms in total. The fraction of sp³-hybridized carbons (Fsp3) is 0.308. The zero-order chi connectivity index (χ0) is 14.8. The van der Waals surface area contributed by atoms with Crippen molar-refractivity contribution in [3.05, 3.63) is 42.1 Å². The summed E-state index contributed by atoms with van der Waals surface area (Å²) in [4.78, 5) is 3.97. The smallest absolute Gasteiger partial charge is 0.244 e. The number of aromatic nitrogens is 1. The summed E-state index contributed by atoms with van der Waals surface area (Å²) in [6.45, 7) is 3.54. The molecule has 0 fully saturated rings. The largest absolute Gasteiger partial charge is 0.465 e. The lowest BCUT2D eigenvalue weighted by Gasteiger charge is -2.14. The lowest BCUT2D eigenvalue weighted by Crippen LogP contribution is -2.27. The maximum absolute atomic E-state index is 12.4. The first kappa shape index (κ1) is 14.5. The van der Waals surface area contributed by atoms with E-state index < -0.39 is 16.1 Å². The van der Waals surface area contributed by atoms with Gasteiger partial charge in [-0.25, -0.2) is 13.1 Å². The van der Waals surface area contributed by atoms with Crippen molar-refractivity contribution in [3.63, 3.8) is 0 Å². The fourth-order valence-electron chi connectivity index (χ4n) is 1.84. The lowest BCUT2D eigenvalue weighted by molar-refractivity contribution is 0.441. The van der Waals surface area contributed by atoms with E-state index in [2.05, 4.69) is 15.0 Å². The Bertz CT molecular complexity index is 694. The van der Waals surface area contributed by atoms with Crippen molar-refractivity contribution in [1.29, 1.82) is 0 Å². The summed E-state index contributed by atoms with van der Waals surface area (Å²) in [7, 11) is -2.02. The molecule has 0 amide bonds. The van der Waals surface area contributed by atoms with Gasteiger partial charge < -0.3 is 9.73 Å². The van der Waals surface area contributed by atoms with E-state index in [9.17, 15) is 8.42 Å². The molecule has 0 aliphatic heterocycles. The van der Waals surface area contributed by atoms with E-state index in [1.807, 2.05) is 6.92 Å². The van der Waals surface area contributed by atoms with E-state index in [0.717, 1.165) is 5.76 Å². The average molecular weight is 295 g/mol. The second kappa shape index (κ2) is 5.64. The molecule has 1 atom stereocenters. The topological polar surface area (TPSA) is 84.2 Å². The Balaban J connectivity index is 2.27. The second-order valence-electron chi connectivity index (χ2n) is 4.41. The lowest BCUT2D eigenvalue weighted by atomic mass is 10.3. The molecule has 2 aromatic rings. The molecule has 0 radical (unpaired) electrons. The van der Waals surface area contributed by atoms with Gasteiger partial charge in [0.25, 0.3) is 0 Å². The fourth-order valence-corrected chi connectivity index (χ4v) is 3.21. The average Bonchev–Trinajstić information content (AvgIpc) is 2.85. The molecular formula is C13H17N3O3S. The van der Waals surface area contributed by atoms with E-state index in [0.29, 0.717) is 11.4 Å². The van der Waals surface area contributed by atoms with Gasteiger partial charge in [0.2, 0.25) is 10.0 Å². The molecule has 20 heavy (non-hydrogen) atoms. The highest BCUT2D eigenvalue weighted by Gasteiger charge is 2.22. The van der Waals surface area contributed by atoms with Gasteiger partial charge in [0.15, 0.2) is 0 Å². The Morgan fingerprint density at radius 3 is 2.65 bits per heavy atom. The highest BCUT2D eigenvalue weighted by molar-refractivity contribution is 7.89. The normalized spacial score (nSPS) is 13.2. The highest BCUT2D eigenvalue weighted by Crippen LogP contribution is 2.22. The van der Waals surface area contributed by atoms with Gasteiger partial charge in [-0.2, -0.15) is 0 Å². The van der Waals surface area contributed by atoms with Gasteiger partial charge in [0.1, 0.15) is 16.4 Å². The highest BCUT2D eigenvalue weighted by atomic mass is 32.2. The maximum Gasteiger partial charge on any atom is 0.244 e. The zero-order valence-corrected chi connectivity index (χ0v) is 12.4. The molecule has 2 heterocycles. The van der Waals surface area contributed by atoms with Crippen molar-refractivity contribution in [1.82, 2.24) is 9.71 Å². The Morgan fingerprint density at radius 1 is 1.30 bits per heavy atom. The van der Waals surface area contributed by atoms with Crippen LogP contribution >= 0.6 is 0 Å². The number of hydrogen-bond acceptors (Lipinski definition) is 5. The van der Waals surface area contributed by atoms with Crippen molar-refractivity contribution >= 4 is 15.7 Å². The van der Waals surface area contributed by atoms with E-state index in [4.69, 9.17) is 4.42 Å². The van der Waals surface area contributed by atoms with Gasteiger partial charge in [0, 0.05) is 19.4 Å². The molecule has 2 N–H and O–H groups in total. The maximum atomic E-state index is 12.4. The predicted molar refractivity (Wildman–Crippen MR) is 76.0 cm³/mol. The number of nitrogens with zero attached hydrogens (tertiary/aromatic N) is 1. The summed E-state index contributed by atoms with van der Waals surface area (Å²) in [6.07, 6.45) is 2.85. The van der Waals surface area contributed by atoms with Crippen molar-refractivity contribution < 1.29 is 12.8 Å². The molecule has 0 aliphatic carbocycles. The molecule has 0 saturated carbocycles. The quantitative estimate of drug-likeness (QED) is 0.882. The SMILES string of the molecule is CNc1ccncc1S(=O)(=O)NC(C)c1ccc(C)o1. The summed E-state index contributed by atoms with van der Waals surface area (Å²) < 4.78 is 32.7. The predicted octanol–water partition coefficient (Wildman–Crippen LogP) is 2.06. The molecule has 0 aromatic carbocycles. The van der Waals surface area contributed by atoms with E-state index in [1.54, 1.807) is 32.2 Å². The third-order valence-corrected chi connectivity index (χ3v) is 4.43. The number of anilines is 1. The summed E-state index contributed by atoms with van der Waals surface area (Å²) in [5, 5.41) is 2.84. The number of hydrogen-bond donors (Lipinski definition) is 2. The number of pyridine rings is 1. The number of furan rings is 1. The summed E-state index contributed by atoms with van der Waals surface area (Å²) in [6, 6.07) is 4.70. The number of aryl methyl sites for hydroxylation is 1. The molecule has 0 saturated heterocycles. The van der Waals surface area contributed by atoms with Crippen LogP contribution in [0.4, 0.5) is 5.69 Å². The molecule has 2 aromatic heterocycles. The van der Waals surface area contributed by atoms with E-state index in [-0.39, 0.29) is 4.90 Å². The van der Waals surface area contributed by atoms with E-state index in [1.165, 1.54) is 12.4 Å². The molecule has 7 heteroatoms. The number of nitrogens with one attached hydrogen (secondary N) is 2. The Morgan fingerprint density at radius 2 is 2.05 bits per heavy atom. The van der Waals surface area contributed by atoms with E-state index >= 15 is 0 Å². The van der Waals surface area contributed by atoms with Crippen LogP contribution in [0.1, 0.15) is 24.5 Å². The van der Waals surface area contributed by atoms with Crippen LogP contribution in [0.15, 0.2) is 39.9 Å². The summed E-state index contributed by atoms with van der Waals surface area (Å²) in [5.74, 6) is 1.31. The standard InChI is InChI=1S/C13H17N3O3S/c1-9-4-5-12(19-9)10(2)16-20(17,18)13-8-15-7-6-11(13)14-3/h4-8,10,16H,1-3H3,(H,14,15). The van der Waals surface area contributed by atoms with Gasteiger partial charge >= 0.3 is 0 Å². The first-order chi connectivity index (χ1) is 9.44. The Hall–Kier alpha value is -1.86. The van der Waals surface area contributed by atoms with Crippen molar-refractivity contribution in [3.8, 4) is 0 Å². The molecule has 0 spiro atoms. The zero-order valence-electron chi connectivity index (χ0n) is 11.5. The third-order valence-electron chi connectivity index (χ3n) is 2.86. The van der Waals surface area contributed by atoms with Gasteiger partial charge in [-0.1, -0.05) is 0 Å². The first-order valence-corrected chi connectivity index (χ1v) is 7.63. The van der Waals surface area contributed by atoms with Gasteiger partial charge in [-0.05, 0) is 32.0 Å². The monoisotopic (exact) mass is 295 g/mol. The van der Waals surface area contributed by atoms with Crippen LogP contribution in [-0.4, -0.2) is 20.4 Å². The molecular weight excluding hydrogens is 278 g/mol. The minimum absolute atomic E-state index is 0.109. The summed E-state index contributed by atoms with van der Waals surface area (Å²) in [5.41, 5.74) is 0.496. The molecule has 0 aliphatic rings. The van der Waals surface area contributed by atoms with Gasteiger partial charge in [-0.3, -0.25) is 4.98 Å². The third kappa shape index (κ3) is 3.00. The first-order valence-electron chi connectivity index (χ1n) is 6.14. The molecule has 0 bridgehead atoms. The van der Waals surface area contributed by atoms with Crippen LogP contribution in [0.5, 0.6) is 0 Å². The van der Waals surface area contributed by atoms with Crippen LogP contribution in [0.2, 0.25) is 0 Å². The number of rotatable bonds is 5. The second-order valence-corrected chi connectivity index (χ2v) is 6.10. The van der Waals surface area contributed by atoms with Gasteiger partial charge in [-0.15, -0.1) is 0 Å². The minimum Gasteiger partial charge on any atom is -0.465 e. The summed E-state index contributed by atoms with van der Waals surface area (Å²) >= 11 is 0. The Kier molecular flexibility index (Phi) is 4.10. The van der Waals surface area contributed by atoms with Crippen LogP contribution in [0.25, 0.3) is 0 Å². The van der Waals surface area contributed by atoms with Gasteiger partial charge in [0.05, 0.1) is 11.7 Å².